The van der Waals surface area contributed by atoms with Crippen LogP contribution in [-0.4, -0.2) is 17.1 Å². The van der Waals surface area contributed by atoms with Crippen LogP contribution in [-0.2, 0) is 12.8 Å². The van der Waals surface area contributed by atoms with Crippen LogP contribution in [0.1, 0.15) is 29.1 Å². The summed E-state index contributed by atoms with van der Waals surface area (Å²) in [6.45, 7) is 4.01. The summed E-state index contributed by atoms with van der Waals surface area (Å²) >= 11 is 0. The molecule has 4 heteroatoms. The second kappa shape index (κ2) is 5.12. The van der Waals surface area contributed by atoms with E-state index in [-0.39, 0.29) is 0 Å². The molecule has 3 rings (SSSR count). The number of aromatic nitrogens is 2. The molecule has 1 aliphatic carbocycles. The number of nitrogens with zero attached hydrogens (tertiary/aromatic N) is 2. The lowest BCUT2D eigenvalue weighted by molar-refractivity contribution is 0.416. The summed E-state index contributed by atoms with van der Waals surface area (Å²) in [4.78, 5) is 9.10. The maximum atomic E-state index is 5.42. The van der Waals surface area contributed by atoms with E-state index in [2.05, 4.69) is 28.3 Å². The molecule has 1 aromatic carbocycles. The topological polar surface area (TPSA) is 47.0 Å². The van der Waals surface area contributed by atoms with E-state index < -0.39 is 0 Å². The Balaban J connectivity index is 2.02. The monoisotopic (exact) mass is 269 g/mol. The van der Waals surface area contributed by atoms with Gasteiger partial charge in [-0.3, -0.25) is 0 Å². The normalized spacial score (nSPS) is 13.2. The summed E-state index contributed by atoms with van der Waals surface area (Å²) in [6.07, 6.45) is 3.26. The number of ether oxygens (including phenoxy) is 1. The Labute approximate surface area is 119 Å². The Morgan fingerprint density at radius 3 is 2.80 bits per heavy atom. The van der Waals surface area contributed by atoms with E-state index in [1.54, 1.807) is 7.11 Å². The third-order valence-electron chi connectivity index (χ3n) is 3.65. The predicted molar refractivity (Wildman–Crippen MR) is 79.8 cm³/mol. The van der Waals surface area contributed by atoms with E-state index >= 15 is 0 Å². The molecule has 0 spiro atoms. The minimum absolute atomic E-state index is 0.819. The molecule has 0 saturated carbocycles. The molecule has 1 heterocycles. The van der Waals surface area contributed by atoms with Gasteiger partial charge in [0.15, 0.2) is 0 Å². The van der Waals surface area contributed by atoms with Gasteiger partial charge in [-0.2, -0.15) is 0 Å². The highest BCUT2D eigenvalue weighted by atomic mass is 16.5. The van der Waals surface area contributed by atoms with Crippen molar-refractivity contribution in [3.8, 4) is 5.75 Å². The smallest absolute Gasteiger partial charge is 0.142 e. The maximum Gasteiger partial charge on any atom is 0.142 e. The number of aryl methyl sites for hydroxylation is 3. The standard InChI is InChI=1S/C16H19N3O/c1-10-7-8-15(20-3)14(9-10)19-16-12-5-4-6-13(12)17-11(2)18-16/h7-9H,4-6H2,1-3H3,(H,17,18,19). The molecule has 0 radical (unpaired) electrons. The van der Waals surface area contributed by atoms with Crippen molar-refractivity contribution in [2.24, 2.45) is 0 Å². The summed E-state index contributed by atoms with van der Waals surface area (Å²) in [5.74, 6) is 2.58. The molecule has 1 aromatic heterocycles. The van der Waals surface area contributed by atoms with Gasteiger partial charge in [0, 0.05) is 11.3 Å². The fourth-order valence-corrected chi connectivity index (χ4v) is 2.71. The number of nitrogens with one attached hydrogen (secondary N) is 1. The lowest BCUT2D eigenvalue weighted by Crippen LogP contribution is -2.04. The third kappa shape index (κ3) is 2.33. The van der Waals surface area contributed by atoms with Gasteiger partial charge < -0.3 is 10.1 Å². The summed E-state index contributed by atoms with van der Waals surface area (Å²) < 4.78 is 5.42. The van der Waals surface area contributed by atoms with Crippen molar-refractivity contribution >= 4 is 11.5 Å². The van der Waals surface area contributed by atoms with Crippen LogP contribution in [0.4, 0.5) is 11.5 Å². The van der Waals surface area contributed by atoms with Crippen molar-refractivity contribution in [1.82, 2.24) is 9.97 Å². The van der Waals surface area contributed by atoms with Crippen LogP contribution < -0.4 is 10.1 Å². The third-order valence-corrected chi connectivity index (χ3v) is 3.65. The van der Waals surface area contributed by atoms with E-state index in [1.807, 2.05) is 19.1 Å². The molecular weight excluding hydrogens is 250 g/mol. The quantitative estimate of drug-likeness (QED) is 0.928. The Morgan fingerprint density at radius 2 is 2.00 bits per heavy atom. The molecule has 1 aliphatic rings. The first kappa shape index (κ1) is 12.9. The van der Waals surface area contributed by atoms with Crippen molar-refractivity contribution in [3.63, 3.8) is 0 Å². The van der Waals surface area contributed by atoms with Gasteiger partial charge in [0.2, 0.25) is 0 Å². The summed E-state index contributed by atoms with van der Waals surface area (Å²) in [6, 6.07) is 6.10. The molecule has 0 bridgehead atoms. The highest BCUT2D eigenvalue weighted by Crippen LogP contribution is 2.32. The molecular formula is C16H19N3O. The predicted octanol–water partition coefficient (Wildman–Crippen LogP) is 3.33. The van der Waals surface area contributed by atoms with Crippen molar-refractivity contribution in [3.05, 3.63) is 40.8 Å². The van der Waals surface area contributed by atoms with Crippen LogP contribution in [0.15, 0.2) is 18.2 Å². The van der Waals surface area contributed by atoms with Crippen LogP contribution in [0.5, 0.6) is 5.75 Å². The summed E-state index contributed by atoms with van der Waals surface area (Å²) in [5.41, 5.74) is 4.58. The second-order valence-electron chi connectivity index (χ2n) is 5.23. The number of rotatable bonds is 3. The Bertz CT molecular complexity index is 652. The number of methoxy groups -OCH3 is 1. The van der Waals surface area contributed by atoms with E-state index in [1.165, 1.54) is 16.8 Å². The molecule has 2 aromatic rings. The first-order valence-electron chi connectivity index (χ1n) is 6.95. The Morgan fingerprint density at radius 1 is 1.15 bits per heavy atom. The van der Waals surface area contributed by atoms with Crippen molar-refractivity contribution in [2.75, 3.05) is 12.4 Å². The van der Waals surface area contributed by atoms with Crippen LogP contribution >= 0.6 is 0 Å². The number of hydrogen-bond acceptors (Lipinski definition) is 4. The number of anilines is 2. The maximum absolute atomic E-state index is 5.42. The summed E-state index contributed by atoms with van der Waals surface area (Å²) in [7, 11) is 1.69. The molecule has 0 amide bonds. The highest BCUT2D eigenvalue weighted by Gasteiger charge is 2.19. The lowest BCUT2D eigenvalue weighted by Gasteiger charge is -2.14. The summed E-state index contributed by atoms with van der Waals surface area (Å²) in [5, 5.41) is 3.43. The number of hydrogen-bond donors (Lipinski definition) is 1. The zero-order valence-electron chi connectivity index (χ0n) is 12.2. The van der Waals surface area contributed by atoms with E-state index in [9.17, 15) is 0 Å². The number of fused-ring (bicyclic) bond motifs is 1. The zero-order chi connectivity index (χ0) is 14.1. The minimum atomic E-state index is 0.819. The van der Waals surface area contributed by atoms with Crippen molar-refractivity contribution in [2.45, 2.75) is 33.1 Å². The van der Waals surface area contributed by atoms with Crippen LogP contribution in [0.2, 0.25) is 0 Å². The molecule has 0 aliphatic heterocycles. The molecule has 0 fully saturated rings. The molecule has 0 unspecified atom stereocenters. The Hall–Kier alpha value is -2.10. The second-order valence-corrected chi connectivity index (χ2v) is 5.23. The van der Waals surface area contributed by atoms with Gasteiger partial charge >= 0.3 is 0 Å². The number of benzene rings is 1. The molecule has 104 valence electrons. The Kier molecular flexibility index (Phi) is 3.30. The van der Waals surface area contributed by atoms with Gasteiger partial charge in [-0.1, -0.05) is 6.07 Å². The fourth-order valence-electron chi connectivity index (χ4n) is 2.71. The van der Waals surface area contributed by atoms with Crippen molar-refractivity contribution in [1.29, 1.82) is 0 Å². The fraction of sp³-hybridized carbons (Fsp3) is 0.375. The average Bonchev–Trinajstić information content (AvgIpc) is 2.87. The van der Waals surface area contributed by atoms with Gasteiger partial charge in [-0.15, -0.1) is 0 Å². The van der Waals surface area contributed by atoms with E-state index in [4.69, 9.17) is 4.74 Å². The van der Waals surface area contributed by atoms with Crippen LogP contribution in [0.25, 0.3) is 0 Å². The first-order valence-corrected chi connectivity index (χ1v) is 6.95. The molecule has 0 atom stereocenters. The van der Waals surface area contributed by atoms with Crippen molar-refractivity contribution < 1.29 is 4.74 Å². The van der Waals surface area contributed by atoms with Crippen LogP contribution in [0, 0.1) is 13.8 Å². The minimum Gasteiger partial charge on any atom is -0.495 e. The van der Waals surface area contributed by atoms with Gasteiger partial charge in [-0.25, -0.2) is 9.97 Å². The van der Waals surface area contributed by atoms with Gasteiger partial charge in [0.05, 0.1) is 12.8 Å². The van der Waals surface area contributed by atoms with E-state index in [0.717, 1.165) is 42.3 Å². The molecule has 0 saturated heterocycles. The highest BCUT2D eigenvalue weighted by molar-refractivity contribution is 5.67. The molecule has 1 N–H and O–H groups in total. The van der Waals surface area contributed by atoms with Gasteiger partial charge in [0.1, 0.15) is 17.4 Å². The first-order chi connectivity index (χ1) is 9.67. The molecule has 4 nitrogen and oxygen atoms in total. The SMILES string of the molecule is COc1ccc(C)cc1Nc1nc(C)nc2c1CCC2. The largest absolute Gasteiger partial charge is 0.495 e. The van der Waals surface area contributed by atoms with Gasteiger partial charge in [-0.05, 0) is 50.8 Å². The molecule has 20 heavy (non-hydrogen) atoms. The van der Waals surface area contributed by atoms with Crippen LogP contribution in [0.3, 0.4) is 0 Å². The zero-order valence-corrected chi connectivity index (χ0v) is 12.2. The average molecular weight is 269 g/mol. The van der Waals surface area contributed by atoms with E-state index in [0.29, 0.717) is 0 Å². The van der Waals surface area contributed by atoms with Gasteiger partial charge in [0.25, 0.3) is 0 Å². The lowest BCUT2D eigenvalue weighted by atomic mass is 10.2.